The Hall–Kier alpha value is -1.36. The summed E-state index contributed by atoms with van der Waals surface area (Å²) in [5.74, 6) is -1.10. The van der Waals surface area contributed by atoms with E-state index < -0.39 is 5.97 Å². The average Bonchev–Trinajstić information content (AvgIpc) is 2.23. The maximum Gasteiger partial charge on any atom is 0.317 e. The number of aliphatic carboxylic acids is 1. The summed E-state index contributed by atoms with van der Waals surface area (Å²) in [5, 5.41) is 11.4. The molecular formula is C11H20N2O3. The highest BCUT2D eigenvalue weighted by molar-refractivity contribution is 5.79. The van der Waals surface area contributed by atoms with E-state index in [4.69, 9.17) is 5.11 Å². The highest BCUT2D eigenvalue weighted by Gasteiger charge is 2.18. The molecule has 1 atom stereocenters. The van der Waals surface area contributed by atoms with Crippen LogP contribution >= 0.6 is 0 Å². The molecule has 0 aliphatic carbocycles. The van der Waals surface area contributed by atoms with Crippen molar-refractivity contribution in [3.8, 4) is 0 Å². The number of hydrogen-bond donors (Lipinski definition) is 2. The zero-order valence-corrected chi connectivity index (χ0v) is 9.90. The van der Waals surface area contributed by atoms with Crippen LogP contribution in [-0.2, 0) is 9.59 Å². The summed E-state index contributed by atoms with van der Waals surface area (Å²) < 4.78 is 0. The van der Waals surface area contributed by atoms with Gasteiger partial charge in [0.05, 0.1) is 13.1 Å². The van der Waals surface area contributed by atoms with Crippen LogP contribution in [0.25, 0.3) is 0 Å². The van der Waals surface area contributed by atoms with E-state index in [1.165, 1.54) is 0 Å². The van der Waals surface area contributed by atoms with Gasteiger partial charge >= 0.3 is 5.97 Å². The smallest absolute Gasteiger partial charge is 0.317 e. The van der Waals surface area contributed by atoms with Gasteiger partial charge in [0.25, 0.3) is 0 Å². The van der Waals surface area contributed by atoms with Crippen molar-refractivity contribution in [3.63, 3.8) is 0 Å². The maximum absolute atomic E-state index is 11.4. The van der Waals surface area contributed by atoms with Crippen molar-refractivity contribution in [1.29, 1.82) is 0 Å². The first-order chi connectivity index (χ1) is 7.51. The number of carbonyl (C=O) groups is 2. The standard InChI is InChI=1S/C11H20N2O3/c1-4-6-12-10(14)7-13(8-11(15)16)9(3)5-2/h4,9H,1,5-8H2,2-3H3,(H,12,14)(H,15,16). The molecule has 0 fully saturated rings. The Bertz CT molecular complexity index is 254. The Kier molecular flexibility index (Phi) is 7.20. The summed E-state index contributed by atoms with van der Waals surface area (Å²) >= 11 is 0. The molecule has 0 bridgehead atoms. The second-order valence-electron chi connectivity index (χ2n) is 3.65. The Morgan fingerprint density at radius 2 is 2.12 bits per heavy atom. The number of carboxylic acids is 1. The fraction of sp³-hybridized carbons (Fsp3) is 0.636. The van der Waals surface area contributed by atoms with E-state index in [0.29, 0.717) is 6.54 Å². The second kappa shape index (κ2) is 7.87. The third-order valence-electron chi connectivity index (χ3n) is 2.34. The van der Waals surface area contributed by atoms with Gasteiger partial charge < -0.3 is 10.4 Å². The quantitative estimate of drug-likeness (QED) is 0.593. The van der Waals surface area contributed by atoms with Gasteiger partial charge in [-0.05, 0) is 13.3 Å². The van der Waals surface area contributed by atoms with Crippen molar-refractivity contribution in [3.05, 3.63) is 12.7 Å². The molecule has 0 aliphatic rings. The van der Waals surface area contributed by atoms with E-state index in [1.807, 2.05) is 13.8 Å². The molecule has 1 amide bonds. The van der Waals surface area contributed by atoms with Crippen molar-refractivity contribution >= 4 is 11.9 Å². The molecule has 0 spiro atoms. The molecule has 92 valence electrons. The Labute approximate surface area is 96.1 Å². The van der Waals surface area contributed by atoms with Crippen LogP contribution in [0.3, 0.4) is 0 Å². The maximum atomic E-state index is 11.4. The number of rotatable bonds is 8. The van der Waals surface area contributed by atoms with E-state index in [0.717, 1.165) is 6.42 Å². The summed E-state index contributed by atoms with van der Waals surface area (Å²) in [6.07, 6.45) is 2.39. The molecule has 0 aromatic carbocycles. The van der Waals surface area contributed by atoms with Crippen molar-refractivity contribution < 1.29 is 14.7 Å². The zero-order valence-electron chi connectivity index (χ0n) is 9.90. The molecule has 0 radical (unpaired) electrons. The lowest BCUT2D eigenvalue weighted by Gasteiger charge is -2.25. The minimum atomic E-state index is -0.920. The van der Waals surface area contributed by atoms with Gasteiger partial charge in [0.2, 0.25) is 5.91 Å². The van der Waals surface area contributed by atoms with Crippen LogP contribution < -0.4 is 5.32 Å². The van der Waals surface area contributed by atoms with Crippen LogP contribution in [0, 0.1) is 0 Å². The van der Waals surface area contributed by atoms with E-state index in [-0.39, 0.29) is 25.0 Å². The summed E-state index contributed by atoms with van der Waals surface area (Å²) in [5.41, 5.74) is 0. The predicted molar refractivity (Wildman–Crippen MR) is 62.2 cm³/mol. The topological polar surface area (TPSA) is 69.6 Å². The molecule has 0 saturated heterocycles. The lowest BCUT2D eigenvalue weighted by atomic mass is 10.2. The van der Waals surface area contributed by atoms with E-state index in [9.17, 15) is 9.59 Å². The van der Waals surface area contributed by atoms with Gasteiger partial charge in [-0.25, -0.2) is 0 Å². The molecule has 0 saturated carbocycles. The molecule has 16 heavy (non-hydrogen) atoms. The first-order valence-corrected chi connectivity index (χ1v) is 5.34. The second-order valence-corrected chi connectivity index (χ2v) is 3.65. The molecule has 0 aliphatic heterocycles. The lowest BCUT2D eigenvalue weighted by Crippen LogP contribution is -2.44. The van der Waals surface area contributed by atoms with Crippen LogP contribution in [0.5, 0.6) is 0 Å². The number of nitrogens with zero attached hydrogens (tertiary/aromatic N) is 1. The van der Waals surface area contributed by atoms with Gasteiger partial charge in [0.15, 0.2) is 0 Å². The Morgan fingerprint density at radius 1 is 1.50 bits per heavy atom. The van der Waals surface area contributed by atoms with Gasteiger partial charge in [-0.1, -0.05) is 13.0 Å². The number of nitrogens with one attached hydrogen (secondary N) is 1. The fourth-order valence-corrected chi connectivity index (χ4v) is 1.23. The zero-order chi connectivity index (χ0) is 12.6. The third kappa shape index (κ3) is 6.19. The largest absolute Gasteiger partial charge is 0.480 e. The molecule has 0 aromatic rings. The van der Waals surface area contributed by atoms with Gasteiger partial charge in [-0.2, -0.15) is 0 Å². The number of amides is 1. The summed E-state index contributed by atoms with van der Waals surface area (Å²) in [7, 11) is 0. The minimum absolute atomic E-state index is 0.0746. The normalized spacial score (nSPS) is 12.2. The molecule has 0 aromatic heterocycles. The molecule has 5 heteroatoms. The van der Waals surface area contributed by atoms with Crippen molar-refractivity contribution in [2.75, 3.05) is 19.6 Å². The Balaban J connectivity index is 4.24. The number of carboxylic acid groups (broad SMARTS) is 1. The van der Waals surface area contributed by atoms with E-state index >= 15 is 0 Å². The van der Waals surface area contributed by atoms with Gasteiger partial charge in [0.1, 0.15) is 0 Å². The van der Waals surface area contributed by atoms with E-state index in [1.54, 1.807) is 11.0 Å². The molecule has 1 unspecified atom stereocenters. The van der Waals surface area contributed by atoms with Crippen LogP contribution in [-0.4, -0.2) is 47.6 Å². The average molecular weight is 228 g/mol. The van der Waals surface area contributed by atoms with Crippen LogP contribution in [0.15, 0.2) is 12.7 Å². The van der Waals surface area contributed by atoms with Gasteiger partial charge in [-0.3, -0.25) is 14.5 Å². The summed E-state index contributed by atoms with van der Waals surface area (Å²) in [4.78, 5) is 23.7. The molecular weight excluding hydrogens is 208 g/mol. The van der Waals surface area contributed by atoms with Gasteiger partial charge in [-0.15, -0.1) is 6.58 Å². The fourth-order valence-electron chi connectivity index (χ4n) is 1.23. The molecule has 2 N–H and O–H groups in total. The van der Waals surface area contributed by atoms with Crippen molar-refractivity contribution in [1.82, 2.24) is 10.2 Å². The summed E-state index contributed by atoms with van der Waals surface area (Å²) in [6.45, 7) is 7.75. The van der Waals surface area contributed by atoms with Crippen LogP contribution in [0.4, 0.5) is 0 Å². The third-order valence-corrected chi connectivity index (χ3v) is 2.34. The minimum Gasteiger partial charge on any atom is -0.480 e. The predicted octanol–water partition coefficient (Wildman–Crippen LogP) is 0.474. The summed E-state index contributed by atoms with van der Waals surface area (Å²) in [6, 6.07) is 0.0746. The SMILES string of the molecule is C=CCNC(=O)CN(CC(=O)O)C(C)CC. The van der Waals surface area contributed by atoms with Crippen molar-refractivity contribution in [2.45, 2.75) is 26.3 Å². The van der Waals surface area contributed by atoms with Crippen LogP contribution in [0.2, 0.25) is 0 Å². The molecule has 0 heterocycles. The highest BCUT2D eigenvalue weighted by atomic mass is 16.4. The molecule has 5 nitrogen and oxygen atoms in total. The number of hydrogen-bond acceptors (Lipinski definition) is 3. The Morgan fingerprint density at radius 3 is 2.56 bits per heavy atom. The molecule has 0 rings (SSSR count). The lowest BCUT2D eigenvalue weighted by molar-refractivity contribution is -0.139. The first kappa shape index (κ1) is 14.6. The van der Waals surface area contributed by atoms with Gasteiger partial charge in [0, 0.05) is 12.6 Å². The monoisotopic (exact) mass is 228 g/mol. The number of carbonyl (C=O) groups excluding carboxylic acids is 1. The van der Waals surface area contributed by atoms with Crippen molar-refractivity contribution in [2.24, 2.45) is 0 Å². The van der Waals surface area contributed by atoms with E-state index in [2.05, 4.69) is 11.9 Å². The first-order valence-electron chi connectivity index (χ1n) is 5.34. The van der Waals surface area contributed by atoms with Crippen LogP contribution in [0.1, 0.15) is 20.3 Å². The highest BCUT2D eigenvalue weighted by Crippen LogP contribution is 2.02.